The van der Waals surface area contributed by atoms with E-state index in [1.165, 1.54) is 4.90 Å². The lowest BCUT2D eigenvalue weighted by Crippen LogP contribution is -2.36. The van der Waals surface area contributed by atoms with Crippen LogP contribution < -0.4 is 16.0 Å². The van der Waals surface area contributed by atoms with Crippen LogP contribution in [-0.4, -0.2) is 23.8 Å². The number of aryl methyl sites for hydroxylation is 1. The highest BCUT2D eigenvalue weighted by Crippen LogP contribution is 2.28. The van der Waals surface area contributed by atoms with Crippen molar-refractivity contribution < 1.29 is 14.4 Å². The topological polar surface area (TPSA) is 92.5 Å². The van der Waals surface area contributed by atoms with Crippen molar-refractivity contribution in [2.24, 2.45) is 11.7 Å². The molecule has 0 radical (unpaired) electrons. The lowest BCUT2D eigenvalue weighted by atomic mass is 10.0. The predicted molar refractivity (Wildman–Crippen MR) is 96.2 cm³/mol. The molecule has 0 saturated carbocycles. The average molecular weight is 354 g/mol. The van der Waals surface area contributed by atoms with E-state index in [2.05, 4.69) is 5.32 Å². The van der Waals surface area contributed by atoms with Gasteiger partial charge in [-0.3, -0.25) is 19.3 Å². The maximum atomic E-state index is 12.0. The number of hydrogen-bond donors (Lipinski definition) is 2. The molecule has 7 heteroatoms. The Bertz CT molecular complexity index is 630. The smallest absolute Gasteiger partial charge is 0.241 e. The van der Waals surface area contributed by atoms with Gasteiger partial charge in [-0.2, -0.15) is 0 Å². The monoisotopic (exact) mass is 353 g/mol. The molecule has 0 bridgehead atoms. The molecule has 2 rings (SSSR count). The number of amides is 3. The van der Waals surface area contributed by atoms with Gasteiger partial charge < -0.3 is 11.1 Å². The first-order chi connectivity index (χ1) is 10.8. The number of nitrogens with zero attached hydrogens (tertiary/aromatic N) is 1. The molecule has 24 heavy (non-hydrogen) atoms. The fourth-order valence-electron chi connectivity index (χ4n) is 2.68. The standard InChI is InChI=1S/C17H23N3O3.ClH/c1-10(2)8-13(18)17(23)19-12-4-5-14(11(3)9-12)20-15(21)6-7-16(20)22;/h4-5,9-10,13H,6-8,18H2,1-3H3,(H,19,23);1H/t13-;/m0./s1. The summed E-state index contributed by atoms with van der Waals surface area (Å²) in [7, 11) is 0. The Labute approximate surface area is 148 Å². The lowest BCUT2D eigenvalue weighted by molar-refractivity contribution is -0.121. The van der Waals surface area contributed by atoms with Crippen LogP contribution in [-0.2, 0) is 14.4 Å². The lowest BCUT2D eigenvalue weighted by Gasteiger charge is -2.18. The molecule has 3 amide bonds. The molecule has 1 aliphatic heterocycles. The molecule has 1 atom stereocenters. The zero-order chi connectivity index (χ0) is 17.1. The van der Waals surface area contributed by atoms with Crippen LogP contribution in [0.3, 0.4) is 0 Å². The average Bonchev–Trinajstić information content (AvgIpc) is 2.78. The summed E-state index contributed by atoms with van der Waals surface area (Å²) in [6, 6.07) is 4.55. The predicted octanol–water partition coefficient (Wildman–Crippen LogP) is 2.38. The number of carbonyl (C=O) groups excluding carboxylic acids is 3. The van der Waals surface area contributed by atoms with Gasteiger partial charge in [0.25, 0.3) is 0 Å². The number of carbonyl (C=O) groups is 3. The van der Waals surface area contributed by atoms with Gasteiger partial charge in [0.05, 0.1) is 11.7 Å². The van der Waals surface area contributed by atoms with E-state index in [9.17, 15) is 14.4 Å². The van der Waals surface area contributed by atoms with Crippen LogP contribution in [0, 0.1) is 12.8 Å². The molecule has 1 fully saturated rings. The van der Waals surface area contributed by atoms with Gasteiger partial charge in [-0.05, 0) is 43.0 Å². The van der Waals surface area contributed by atoms with Gasteiger partial charge in [0.1, 0.15) is 0 Å². The van der Waals surface area contributed by atoms with Gasteiger partial charge in [0, 0.05) is 18.5 Å². The SMILES string of the molecule is Cc1cc(NC(=O)[C@@H](N)CC(C)C)ccc1N1C(=O)CCC1=O.Cl. The Hall–Kier alpha value is -1.92. The number of rotatable bonds is 5. The van der Waals surface area contributed by atoms with Crippen LogP contribution in [0.25, 0.3) is 0 Å². The van der Waals surface area contributed by atoms with Crippen LogP contribution in [0.4, 0.5) is 11.4 Å². The number of benzene rings is 1. The molecule has 0 unspecified atom stereocenters. The van der Waals surface area contributed by atoms with Crippen LogP contribution in [0.15, 0.2) is 18.2 Å². The second-order valence-corrected chi connectivity index (χ2v) is 6.35. The number of halogens is 1. The maximum absolute atomic E-state index is 12.0. The van der Waals surface area contributed by atoms with Crippen molar-refractivity contribution in [1.29, 1.82) is 0 Å². The summed E-state index contributed by atoms with van der Waals surface area (Å²) < 4.78 is 0. The summed E-state index contributed by atoms with van der Waals surface area (Å²) in [6.07, 6.45) is 1.11. The Morgan fingerprint density at radius 3 is 2.33 bits per heavy atom. The zero-order valence-corrected chi connectivity index (χ0v) is 15.0. The number of hydrogen-bond acceptors (Lipinski definition) is 4. The third kappa shape index (κ3) is 4.55. The van der Waals surface area contributed by atoms with Gasteiger partial charge in [0.2, 0.25) is 17.7 Å². The largest absolute Gasteiger partial charge is 0.325 e. The van der Waals surface area contributed by atoms with Gasteiger partial charge in [-0.1, -0.05) is 13.8 Å². The second-order valence-electron chi connectivity index (χ2n) is 6.35. The summed E-state index contributed by atoms with van der Waals surface area (Å²) in [6.45, 7) is 5.82. The first kappa shape index (κ1) is 20.1. The zero-order valence-electron chi connectivity index (χ0n) is 14.2. The molecular formula is C17H24ClN3O3. The van der Waals surface area contributed by atoms with Gasteiger partial charge in [-0.25, -0.2) is 0 Å². The van der Waals surface area contributed by atoms with E-state index in [4.69, 9.17) is 5.73 Å². The van der Waals surface area contributed by atoms with E-state index in [0.717, 1.165) is 5.56 Å². The van der Waals surface area contributed by atoms with Crippen molar-refractivity contribution in [3.05, 3.63) is 23.8 Å². The molecule has 132 valence electrons. The fourth-order valence-corrected chi connectivity index (χ4v) is 2.68. The van der Waals surface area contributed by atoms with E-state index >= 15 is 0 Å². The number of anilines is 2. The molecule has 0 aliphatic carbocycles. The quantitative estimate of drug-likeness (QED) is 0.795. The van der Waals surface area contributed by atoms with Crippen molar-refractivity contribution in [2.75, 3.05) is 10.2 Å². The molecule has 1 saturated heterocycles. The summed E-state index contributed by atoms with van der Waals surface area (Å²) in [5.74, 6) is -0.270. The van der Waals surface area contributed by atoms with E-state index < -0.39 is 6.04 Å². The van der Waals surface area contributed by atoms with Crippen LogP contribution in [0.1, 0.15) is 38.7 Å². The Morgan fingerprint density at radius 1 is 1.25 bits per heavy atom. The van der Waals surface area contributed by atoms with Crippen molar-refractivity contribution >= 4 is 41.5 Å². The second kappa shape index (κ2) is 8.26. The third-order valence-electron chi connectivity index (χ3n) is 3.82. The third-order valence-corrected chi connectivity index (χ3v) is 3.82. The fraction of sp³-hybridized carbons (Fsp3) is 0.471. The van der Waals surface area contributed by atoms with Crippen LogP contribution >= 0.6 is 12.4 Å². The van der Waals surface area contributed by atoms with Crippen LogP contribution in [0.2, 0.25) is 0 Å². The van der Waals surface area contributed by atoms with Gasteiger partial charge in [0.15, 0.2) is 0 Å². The Kier molecular flexibility index (Phi) is 6.93. The molecule has 1 aromatic carbocycles. The van der Waals surface area contributed by atoms with Crippen LogP contribution in [0.5, 0.6) is 0 Å². The highest BCUT2D eigenvalue weighted by Gasteiger charge is 2.31. The van der Waals surface area contributed by atoms with E-state index in [-0.39, 0.29) is 43.0 Å². The van der Waals surface area contributed by atoms with E-state index in [0.29, 0.717) is 23.7 Å². The highest BCUT2D eigenvalue weighted by atomic mass is 35.5. The molecule has 1 heterocycles. The first-order valence-corrected chi connectivity index (χ1v) is 7.82. The van der Waals surface area contributed by atoms with Gasteiger partial charge in [-0.15, -0.1) is 12.4 Å². The van der Waals surface area contributed by atoms with Crippen molar-refractivity contribution in [1.82, 2.24) is 0 Å². The number of imide groups is 1. The van der Waals surface area contributed by atoms with E-state index in [1.807, 2.05) is 13.8 Å². The summed E-state index contributed by atoms with van der Waals surface area (Å²) in [4.78, 5) is 36.9. The number of nitrogens with one attached hydrogen (secondary N) is 1. The van der Waals surface area contributed by atoms with E-state index in [1.54, 1.807) is 25.1 Å². The van der Waals surface area contributed by atoms with Crippen molar-refractivity contribution in [2.45, 2.75) is 46.1 Å². The minimum atomic E-state index is -0.559. The molecule has 0 spiro atoms. The molecule has 1 aliphatic rings. The summed E-state index contributed by atoms with van der Waals surface area (Å²) in [5.41, 5.74) is 7.79. The normalized spacial score (nSPS) is 15.5. The molecule has 1 aromatic rings. The highest BCUT2D eigenvalue weighted by molar-refractivity contribution is 6.20. The minimum absolute atomic E-state index is 0. The van der Waals surface area contributed by atoms with Crippen molar-refractivity contribution in [3.63, 3.8) is 0 Å². The Morgan fingerprint density at radius 2 is 1.83 bits per heavy atom. The molecule has 0 aromatic heterocycles. The molecular weight excluding hydrogens is 330 g/mol. The summed E-state index contributed by atoms with van der Waals surface area (Å²) >= 11 is 0. The molecule has 3 N–H and O–H groups in total. The molecule has 6 nitrogen and oxygen atoms in total. The van der Waals surface area contributed by atoms with Gasteiger partial charge >= 0.3 is 0 Å². The summed E-state index contributed by atoms with van der Waals surface area (Å²) in [5, 5.41) is 2.78. The minimum Gasteiger partial charge on any atom is -0.325 e. The first-order valence-electron chi connectivity index (χ1n) is 7.82. The van der Waals surface area contributed by atoms with Crippen molar-refractivity contribution in [3.8, 4) is 0 Å². The maximum Gasteiger partial charge on any atom is 0.241 e. The Balaban J connectivity index is 0.00000288. The number of nitrogens with two attached hydrogens (primary N) is 1.